The minimum atomic E-state index is 0.154. The number of anilines is 1. The molecule has 166 valence electrons. The molecule has 1 aliphatic heterocycles. The normalized spacial score (nSPS) is 19.2. The highest BCUT2D eigenvalue weighted by atomic mass is 16.5. The second-order valence-electron chi connectivity index (χ2n) is 9.20. The van der Waals surface area contributed by atoms with Crippen LogP contribution >= 0.6 is 0 Å². The van der Waals surface area contributed by atoms with Crippen molar-refractivity contribution in [3.8, 4) is 11.5 Å². The molecule has 0 aromatic heterocycles. The van der Waals surface area contributed by atoms with E-state index < -0.39 is 0 Å². The molecule has 0 bridgehead atoms. The summed E-state index contributed by atoms with van der Waals surface area (Å²) in [6, 6.07) is 14.7. The first-order valence-electron chi connectivity index (χ1n) is 11.4. The molecule has 1 saturated carbocycles. The fourth-order valence-electron chi connectivity index (χ4n) is 4.11. The average molecular weight is 423 g/mol. The van der Waals surface area contributed by atoms with Crippen LogP contribution in [0.3, 0.4) is 0 Å². The maximum atomic E-state index is 12.0. The van der Waals surface area contributed by atoms with Gasteiger partial charge in [-0.3, -0.25) is 4.79 Å². The number of hydrogen-bond acceptors (Lipinski definition) is 4. The van der Waals surface area contributed by atoms with E-state index in [-0.39, 0.29) is 17.9 Å². The lowest BCUT2D eigenvalue weighted by molar-refractivity contribution is -0.129. The summed E-state index contributed by atoms with van der Waals surface area (Å²) in [5.41, 5.74) is 3.69. The number of amides is 1. The monoisotopic (exact) mass is 422 g/mol. The Balaban J connectivity index is 1.31. The second-order valence-corrected chi connectivity index (χ2v) is 9.20. The number of benzene rings is 2. The first kappa shape index (κ1) is 21.5. The van der Waals surface area contributed by atoms with Crippen molar-refractivity contribution >= 4 is 11.6 Å². The third kappa shape index (κ3) is 5.52. The Hall–Kier alpha value is -2.69. The van der Waals surface area contributed by atoms with E-state index in [2.05, 4.69) is 49.1 Å². The van der Waals surface area contributed by atoms with Gasteiger partial charge in [0.1, 0.15) is 17.6 Å². The lowest BCUT2D eigenvalue weighted by Crippen LogP contribution is -2.25. The van der Waals surface area contributed by atoms with Crippen molar-refractivity contribution in [2.75, 3.05) is 32.1 Å². The Bertz CT molecular complexity index is 905. The van der Waals surface area contributed by atoms with Crippen molar-refractivity contribution in [2.45, 2.75) is 57.7 Å². The number of carbonyl (C=O) groups is 1. The largest absolute Gasteiger partial charge is 0.490 e. The van der Waals surface area contributed by atoms with Crippen LogP contribution in [0.15, 0.2) is 42.5 Å². The molecule has 1 heterocycles. The first-order valence-corrected chi connectivity index (χ1v) is 11.4. The van der Waals surface area contributed by atoms with Crippen molar-refractivity contribution in [1.82, 2.24) is 4.90 Å². The molecular formula is C26H34N2O3. The topological polar surface area (TPSA) is 42.0 Å². The van der Waals surface area contributed by atoms with Crippen molar-refractivity contribution in [1.29, 1.82) is 0 Å². The highest BCUT2D eigenvalue weighted by Gasteiger charge is 2.27. The van der Waals surface area contributed by atoms with Crippen LogP contribution in [0.1, 0.15) is 49.7 Å². The van der Waals surface area contributed by atoms with Crippen LogP contribution in [0.25, 0.3) is 0 Å². The Morgan fingerprint density at radius 2 is 1.71 bits per heavy atom. The van der Waals surface area contributed by atoms with E-state index in [9.17, 15) is 4.79 Å². The maximum Gasteiger partial charge on any atom is 0.222 e. The van der Waals surface area contributed by atoms with Crippen molar-refractivity contribution in [2.24, 2.45) is 0 Å². The Kier molecular flexibility index (Phi) is 6.40. The van der Waals surface area contributed by atoms with Gasteiger partial charge in [0.25, 0.3) is 0 Å². The molecule has 2 aromatic carbocycles. The molecule has 1 aliphatic carbocycles. The van der Waals surface area contributed by atoms with Gasteiger partial charge < -0.3 is 19.3 Å². The molecule has 5 nitrogen and oxygen atoms in total. The van der Waals surface area contributed by atoms with E-state index in [0.29, 0.717) is 12.5 Å². The Morgan fingerprint density at radius 1 is 1.03 bits per heavy atom. The molecule has 1 saturated heterocycles. The third-order valence-corrected chi connectivity index (χ3v) is 6.21. The molecule has 2 atom stereocenters. The summed E-state index contributed by atoms with van der Waals surface area (Å²) >= 11 is 0. The zero-order valence-electron chi connectivity index (χ0n) is 19.1. The van der Waals surface area contributed by atoms with Gasteiger partial charge >= 0.3 is 0 Å². The molecule has 1 amide bonds. The van der Waals surface area contributed by atoms with E-state index in [1.807, 2.05) is 12.1 Å². The molecule has 1 unspecified atom stereocenters. The summed E-state index contributed by atoms with van der Waals surface area (Å²) in [4.78, 5) is 16.0. The number of aryl methyl sites for hydroxylation is 1. The Morgan fingerprint density at radius 3 is 2.35 bits per heavy atom. The number of carbonyl (C=O) groups excluding carboxylic acids is 1. The smallest absolute Gasteiger partial charge is 0.222 e. The molecule has 31 heavy (non-hydrogen) atoms. The third-order valence-electron chi connectivity index (χ3n) is 6.21. The van der Waals surface area contributed by atoms with Crippen LogP contribution in [0.4, 0.5) is 5.69 Å². The van der Waals surface area contributed by atoms with Gasteiger partial charge in [-0.1, -0.05) is 19.1 Å². The minimum Gasteiger partial charge on any atom is -0.490 e. The Labute approximate surface area is 185 Å². The van der Waals surface area contributed by atoms with Crippen LogP contribution in [-0.4, -0.2) is 50.2 Å². The van der Waals surface area contributed by atoms with Crippen molar-refractivity contribution in [3.05, 3.63) is 53.6 Å². The summed E-state index contributed by atoms with van der Waals surface area (Å²) in [6.45, 7) is 6.13. The van der Waals surface area contributed by atoms with Crippen LogP contribution in [-0.2, 0) is 4.79 Å². The lowest BCUT2D eigenvalue weighted by atomic mass is 9.97. The number of nitrogens with zero attached hydrogens (tertiary/aromatic N) is 2. The van der Waals surface area contributed by atoms with Gasteiger partial charge in [-0.05, 0) is 67.1 Å². The average Bonchev–Trinajstić information content (AvgIpc) is 3.44. The molecule has 2 aliphatic rings. The van der Waals surface area contributed by atoms with Crippen LogP contribution in [0.5, 0.6) is 11.5 Å². The van der Waals surface area contributed by atoms with E-state index in [4.69, 9.17) is 9.47 Å². The SMILES string of the molecule is Cc1cc(OC2CC2)ccc1N1CCC(Oc2ccc([C@H](C)CC(=O)N(C)C)cc2)C1. The second kappa shape index (κ2) is 9.21. The van der Waals surface area contributed by atoms with Crippen LogP contribution in [0, 0.1) is 6.92 Å². The fourth-order valence-corrected chi connectivity index (χ4v) is 4.11. The van der Waals surface area contributed by atoms with Crippen molar-refractivity contribution in [3.63, 3.8) is 0 Å². The van der Waals surface area contributed by atoms with Crippen LogP contribution < -0.4 is 14.4 Å². The highest BCUT2D eigenvalue weighted by Crippen LogP contribution is 2.32. The van der Waals surface area contributed by atoms with E-state index in [0.717, 1.165) is 31.0 Å². The predicted molar refractivity (Wildman–Crippen MR) is 124 cm³/mol. The summed E-state index contributed by atoms with van der Waals surface area (Å²) in [7, 11) is 3.60. The van der Waals surface area contributed by atoms with Crippen LogP contribution in [0.2, 0.25) is 0 Å². The first-order chi connectivity index (χ1) is 14.9. The maximum absolute atomic E-state index is 12.0. The molecule has 2 fully saturated rings. The zero-order valence-corrected chi connectivity index (χ0v) is 19.1. The zero-order chi connectivity index (χ0) is 22.0. The summed E-state index contributed by atoms with van der Waals surface area (Å²) in [6.07, 6.45) is 4.50. The number of hydrogen-bond donors (Lipinski definition) is 0. The van der Waals surface area contributed by atoms with Gasteiger partial charge in [0, 0.05) is 39.2 Å². The van der Waals surface area contributed by atoms with Gasteiger partial charge in [-0.15, -0.1) is 0 Å². The van der Waals surface area contributed by atoms with Gasteiger partial charge in [-0.25, -0.2) is 0 Å². The van der Waals surface area contributed by atoms with Gasteiger partial charge in [0.2, 0.25) is 5.91 Å². The van der Waals surface area contributed by atoms with Gasteiger partial charge in [0.05, 0.1) is 12.6 Å². The molecule has 5 heteroatoms. The number of rotatable bonds is 8. The van der Waals surface area contributed by atoms with E-state index in [1.165, 1.54) is 29.7 Å². The van der Waals surface area contributed by atoms with Crippen molar-refractivity contribution < 1.29 is 14.3 Å². The molecule has 4 rings (SSSR count). The molecule has 0 radical (unpaired) electrons. The number of ether oxygens (including phenoxy) is 2. The standard InChI is InChI=1S/C26H34N2O3/c1-18(16-26(29)27(3)4)20-5-7-21(8-6-20)31-24-13-14-28(17-24)25-12-11-23(15-19(25)2)30-22-9-10-22/h5-8,11-12,15,18,22,24H,9-10,13-14,16-17H2,1-4H3/t18-,24?/m1/s1. The fraction of sp³-hybridized carbons (Fsp3) is 0.500. The lowest BCUT2D eigenvalue weighted by Gasteiger charge is -2.22. The summed E-state index contributed by atoms with van der Waals surface area (Å²) in [5.74, 6) is 2.23. The van der Waals surface area contributed by atoms with Gasteiger partial charge in [0.15, 0.2) is 0 Å². The van der Waals surface area contributed by atoms with E-state index in [1.54, 1.807) is 19.0 Å². The molecule has 2 aromatic rings. The van der Waals surface area contributed by atoms with Gasteiger partial charge in [-0.2, -0.15) is 0 Å². The molecular weight excluding hydrogens is 388 g/mol. The molecule has 0 N–H and O–H groups in total. The quantitative estimate of drug-likeness (QED) is 0.614. The highest BCUT2D eigenvalue weighted by molar-refractivity contribution is 5.76. The predicted octanol–water partition coefficient (Wildman–Crippen LogP) is 4.78. The summed E-state index contributed by atoms with van der Waals surface area (Å²) in [5, 5.41) is 0. The summed E-state index contributed by atoms with van der Waals surface area (Å²) < 4.78 is 12.2. The minimum absolute atomic E-state index is 0.154. The molecule has 0 spiro atoms. The van der Waals surface area contributed by atoms with E-state index >= 15 is 0 Å².